The van der Waals surface area contributed by atoms with Gasteiger partial charge in [0.2, 0.25) is 0 Å². The summed E-state index contributed by atoms with van der Waals surface area (Å²) in [7, 11) is 0. The second-order valence-corrected chi connectivity index (χ2v) is 5.37. The Bertz CT molecular complexity index is 488. The first-order valence-electron chi connectivity index (χ1n) is 5.39. The van der Waals surface area contributed by atoms with Crippen LogP contribution in [0, 0.1) is 6.92 Å². The maximum atomic E-state index is 6.13. The van der Waals surface area contributed by atoms with Gasteiger partial charge in [0.15, 0.2) is 0 Å². The molecule has 0 spiro atoms. The second kappa shape index (κ2) is 5.48. The van der Waals surface area contributed by atoms with Gasteiger partial charge in [-0.15, -0.1) is 11.8 Å². The fraction of sp³-hybridized carbons (Fsp3) is 0.143. The first-order valence-corrected chi connectivity index (χ1v) is 6.75. The molecule has 0 fully saturated rings. The van der Waals surface area contributed by atoms with Crippen molar-refractivity contribution in [2.75, 3.05) is 5.73 Å². The zero-order valence-electron chi connectivity index (χ0n) is 9.61. The number of halogens is 1. The fourth-order valence-electron chi connectivity index (χ4n) is 1.52. The van der Waals surface area contributed by atoms with Gasteiger partial charge in [0.1, 0.15) is 0 Å². The largest absolute Gasteiger partial charge is 0.398 e. The molecule has 0 aromatic heterocycles. The number of anilines is 1. The van der Waals surface area contributed by atoms with E-state index in [1.807, 2.05) is 18.2 Å². The van der Waals surface area contributed by atoms with Crippen LogP contribution in [-0.2, 0) is 5.75 Å². The van der Waals surface area contributed by atoms with Crippen LogP contribution >= 0.6 is 23.4 Å². The van der Waals surface area contributed by atoms with E-state index in [0.717, 1.165) is 22.0 Å². The van der Waals surface area contributed by atoms with Gasteiger partial charge in [0.05, 0.1) is 0 Å². The van der Waals surface area contributed by atoms with E-state index < -0.39 is 0 Å². The first-order chi connectivity index (χ1) is 8.16. The van der Waals surface area contributed by atoms with Crippen molar-refractivity contribution < 1.29 is 0 Å². The number of nitrogens with two attached hydrogens (primary N) is 1. The molecule has 2 aromatic rings. The van der Waals surface area contributed by atoms with Crippen LogP contribution in [0.1, 0.15) is 11.1 Å². The maximum Gasteiger partial charge on any atom is 0.0467 e. The predicted molar refractivity (Wildman–Crippen MR) is 76.6 cm³/mol. The molecule has 0 amide bonds. The molecule has 2 rings (SSSR count). The van der Waals surface area contributed by atoms with Crippen molar-refractivity contribution in [3.8, 4) is 0 Å². The third-order valence-electron chi connectivity index (χ3n) is 2.56. The van der Waals surface area contributed by atoms with E-state index in [0.29, 0.717) is 0 Å². The highest BCUT2D eigenvalue weighted by Crippen LogP contribution is 2.30. The minimum Gasteiger partial charge on any atom is -0.398 e. The SMILES string of the molecule is Cc1ccc(SCc2c(N)cccc2Cl)cc1. The molecule has 0 unspecified atom stereocenters. The molecular weight excluding hydrogens is 250 g/mol. The van der Waals surface area contributed by atoms with Crippen molar-refractivity contribution >= 4 is 29.1 Å². The standard InChI is InChI=1S/C14H14ClNS/c1-10-5-7-11(8-6-10)17-9-12-13(15)3-2-4-14(12)16/h2-8H,9,16H2,1H3. The molecule has 2 aromatic carbocycles. The minimum absolute atomic E-state index is 0.740. The van der Waals surface area contributed by atoms with Gasteiger partial charge in [-0.05, 0) is 31.2 Å². The number of rotatable bonds is 3. The highest BCUT2D eigenvalue weighted by molar-refractivity contribution is 7.98. The molecule has 0 bridgehead atoms. The van der Waals surface area contributed by atoms with Crippen molar-refractivity contribution in [3.05, 3.63) is 58.6 Å². The summed E-state index contributed by atoms with van der Waals surface area (Å²) in [6, 6.07) is 14.1. The van der Waals surface area contributed by atoms with Crippen LogP contribution in [0.15, 0.2) is 47.4 Å². The summed E-state index contributed by atoms with van der Waals surface area (Å²) < 4.78 is 0. The predicted octanol–water partition coefficient (Wildman–Crippen LogP) is 4.52. The average molecular weight is 264 g/mol. The summed E-state index contributed by atoms with van der Waals surface area (Å²) in [6.07, 6.45) is 0. The first kappa shape index (κ1) is 12.3. The molecule has 17 heavy (non-hydrogen) atoms. The van der Waals surface area contributed by atoms with Crippen molar-refractivity contribution in [1.82, 2.24) is 0 Å². The number of aryl methyl sites for hydroxylation is 1. The van der Waals surface area contributed by atoms with Gasteiger partial charge in [-0.25, -0.2) is 0 Å². The lowest BCUT2D eigenvalue weighted by Crippen LogP contribution is -1.93. The zero-order valence-corrected chi connectivity index (χ0v) is 11.2. The van der Waals surface area contributed by atoms with Crippen LogP contribution < -0.4 is 5.73 Å². The summed E-state index contributed by atoms with van der Waals surface area (Å²) in [4.78, 5) is 1.23. The van der Waals surface area contributed by atoms with Crippen molar-refractivity contribution in [2.24, 2.45) is 0 Å². The van der Waals surface area contributed by atoms with E-state index in [1.165, 1.54) is 10.5 Å². The highest BCUT2D eigenvalue weighted by Gasteiger charge is 2.04. The topological polar surface area (TPSA) is 26.0 Å². The lowest BCUT2D eigenvalue weighted by molar-refractivity contribution is 1.35. The molecule has 3 heteroatoms. The lowest BCUT2D eigenvalue weighted by Gasteiger charge is -2.07. The third kappa shape index (κ3) is 3.18. The molecule has 0 saturated heterocycles. The fourth-order valence-corrected chi connectivity index (χ4v) is 2.81. The molecule has 0 heterocycles. The number of thioether (sulfide) groups is 1. The number of hydrogen-bond donors (Lipinski definition) is 1. The Balaban J connectivity index is 2.10. The van der Waals surface area contributed by atoms with Gasteiger partial charge in [-0.2, -0.15) is 0 Å². The normalized spacial score (nSPS) is 10.5. The van der Waals surface area contributed by atoms with Gasteiger partial charge >= 0.3 is 0 Å². The van der Waals surface area contributed by atoms with E-state index in [-0.39, 0.29) is 0 Å². The van der Waals surface area contributed by atoms with Gasteiger partial charge in [0.25, 0.3) is 0 Å². The molecule has 88 valence electrons. The van der Waals surface area contributed by atoms with E-state index in [9.17, 15) is 0 Å². The van der Waals surface area contributed by atoms with E-state index in [2.05, 4.69) is 31.2 Å². The molecule has 0 aliphatic rings. The Morgan fingerprint density at radius 1 is 1.12 bits per heavy atom. The summed E-state index contributed by atoms with van der Waals surface area (Å²) in [5, 5.41) is 0.740. The smallest absolute Gasteiger partial charge is 0.0467 e. The quantitative estimate of drug-likeness (QED) is 0.651. The van der Waals surface area contributed by atoms with Crippen molar-refractivity contribution in [1.29, 1.82) is 0 Å². The van der Waals surface area contributed by atoms with Crippen LogP contribution in [0.4, 0.5) is 5.69 Å². The monoisotopic (exact) mass is 263 g/mol. The average Bonchev–Trinajstić information content (AvgIpc) is 2.31. The van der Waals surface area contributed by atoms with Crippen LogP contribution in [0.5, 0.6) is 0 Å². The third-order valence-corrected chi connectivity index (χ3v) is 3.95. The van der Waals surface area contributed by atoms with Crippen LogP contribution in [0.3, 0.4) is 0 Å². The molecule has 2 N–H and O–H groups in total. The summed E-state index contributed by atoms with van der Waals surface area (Å²) >= 11 is 7.87. The summed E-state index contributed by atoms with van der Waals surface area (Å²) in [5.74, 6) is 0.800. The zero-order chi connectivity index (χ0) is 12.3. The molecular formula is C14H14ClNS. The molecule has 0 saturated carbocycles. The summed E-state index contributed by atoms with van der Waals surface area (Å²) in [6.45, 7) is 2.08. The number of benzene rings is 2. The molecule has 0 aliphatic heterocycles. The Hall–Kier alpha value is -1.12. The molecule has 0 atom stereocenters. The molecule has 1 nitrogen and oxygen atoms in total. The van der Waals surface area contributed by atoms with Gasteiger partial charge < -0.3 is 5.73 Å². The minimum atomic E-state index is 0.740. The Morgan fingerprint density at radius 2 is 1.82 bits per heavy atom. The van der Waals surface area contributed by atoms with Crippen molar-refractivity contribution in [3.63, 3.8) is 0 Å². The van der Waals surface area contributed by atoms with Gasteiger partial charge in [-0.1, -0.05) is 35.4 Å². The van der Waals surface area contributed by atoms with Gasteiger partial charge in [0, 0.05) is 26.9 Å². The second-order valence-electron chi connectivity index (χ2n) is 3.91. The van der Waals surface area contributed by atoms with Crippen LogP contribution in [0.25, 0.3) is 0 Å². The lowest BCUT2D eigenvalue weighted by atomic mass is 10.2. The Kier molecular flexibility index (Phi) is 3.97. The Morgan fingerprint density at radius 3 is 2.47 bits per heavy atom. The van der Waals surface area contributed by atoms with E-state index in [1.54, 1.807) is 11.8 Å². The summed E-state index contributed by atoms with van der Waals surface area (Å²) in [5.41, 5.74) is 8.96. The van der Waals surface area contributed by atoms with E-state index >= 15 is 0 Å². The number of nitrogen functional groups attached to an aromatic ring is 1. The molecule has 0 aliphatic carbocycles. The van der Waals surface area contributed by atoms with Crippen molar-refractivity contribution in [2.45, 2.75) is 17.6 Å². The van der Waals surface area contributed by atoms with Crippen LogP contribution in [0.2, 0.25) is 5.02 Å². The molecule has 0 radical (unpaired) electrons. The van der Waals surface area contributed by atoms with Crippen LogP contribution in [-0.4, -0.2) is 0 Å². The highest BCUT2D eigenvalue weighted by atomic mass is 35.5. The Labute approximate surface area is 111 Å². The van der Waals surface area contributed by atoms with Gasteiger partial charge in [-0.3, -0.25) is 0 Å². The van der Waals surface area contributed by atoms with E-state index in [4.69, 9.17) is 17.3 Å². The maximum absolute atomic E-state index is 6.13. The number of hydrogen-bond acceptors (Lipinski definition) is 2.